The number of nitrogens with one attached hydrogen (secondary N) is 1. The minimum absolute atomic E-state index is 0.0321. The molecule has 1 heterocycles. The van der Waals surface area contributed by atoms with E-state index in [-0.39, 0.29) is 23.1 Å². The number of Topliss-reactive ketones (excluding diaryl/α,β-unsaturated/α-hetero) is 1. The van der Waals surface area contributed by atoms with Crippen molar-refractivity contribution in [1.82, 2.24) is 5.32 Å². The maximum absolute atomic E-state index is 13.7. The maximum atomic E-state index is 13.7. The van der Waals surface area contributed by atoms with E-state index in [0.29, 0.717) is 11.5 Å². The van der Waals surface area contributed by atoms with Gasteiger partial charge in [0.2, 0.25) is 0 Å². The first-order valence-corrected chi connectivity index (χ1v) is 6.63. The van der Waals surface area contributed by atoms with Gasteiger partial charge in [0.25, 0.3) is 0 Å². The number of ketones is 1. The van der Waals surface area contributed by atoms with Crippen LogP contribution in [0.2, 0.25) is 5.02 Å². The van der Waals surface area contributed by atoms with Gasteiger partial charge in [-0.15, -0.1) is 0 Å². The van der Waals surface area contributed by atoms with Crippen LogP contribution in [0.5, 0.6) is 0 Å². The van der Waals surface area contributed by atoms with Gasteiger partial charge in [-0.2, -0.15) is 0 Å². The molecule has 2 rings (SSSR count). The third kappa shape index (κ3) is 2.90. The predicted molar refractivity (Wildman–Crippen MR) is 70.3 cm³/mol. The van der Waals surface area contributed by atoms with Gasteiger partial charge in [-0.05, 0) is 37.1 Å². The van der Waals surface area contributed by atoms with Crippen LogP contribution in [0.15, 0.2) is 18.2 Å². The molecule has 1 saturated heterocycles. The normalized spacial score (nSPS) is 23.9. The number of carbonyl (C=O) groups is 1. The van der Waals surface area contributed by atoms with Gasteiger partial charge in [0.1, 0.15) is 11.6 Å². The van der Waals surface area contributed by atoms with Gasteiger partial charge in [-0.25, -0.2) is 4.39 Å². The summed E-state index contributed by atoms with van der Waals surface area (Å²) in [5.41, 5.74) is 0.401. The standard InChI is InChI=1S/C14H17ClFNO/c1-9-8-17-6-5-11(9)13(18)7-10-3-2-4-12(15)14(10)16/h2-4,9,11,17H,5-8H2,1H3. The monoisotopic (exact) mass is 269 g/mol. The lowest BCUT2D eigenvalue weighted by molar-refractivity contribution is -0.124. The quantitative estimate of drug-likeness (QED) is 0.914. The average Bonchev–Trinajstić information content (AvgIpc) is 2.35. The van der Waals surface area contributed by atoms with Crippen molar-refractivity contribution in [1.29, 1.82) is 0 Å². The van der Waals surface area contributed by atoms with Gasteiger partial charge < -0.3 is 5.32 Å². The lowest BCUT2D eigenvalue weighted by atomic mass is 9.82. The van der Waals surface area contributed by atoms with Crippen LogP contribution < -0.4 is 5.32 Å². The van der Waals surface area contributed by atoms with Gasteiger partial charge in [-0.3, -0.25) is 4.79 Å². The highest BCUT2D eigenvalue weighted by Crippen LogP contribution is 2.24. The van der Waals surface area contributed by atoms with Gasteiger partial charge in [0.15, 0.2) is 0 Å². The summed E-state index contributed by atoms with van der Waals surface area (Å²) >= 11 is 5.72. The summed E-state index contributed by atoms with van der Waals surface area (Å²) in [5.74, 6) is -0.00241. The molecule has 4 heteroatoms. The highest BCUT2D eigenvalue weighted by Gasteiger charge is 2.27. The zero-order valence-corrected chi connectivity index (χ0v) is 11.1. The van der Waals surface area contributed by atoms with Crippen molar-refractivity contribution in [3.63, 3.8) is 0 Å². The molecule has 0 spiro atoms. The molecule has 1 aromatic carbocycles. The first-order valence-electron chi connectivity index (χ1n) is 6.26. The molecule has 0 radical (unpaired) electrons. The van der Waals surface area contributed by atoms with Crippen LogP contribution in [0.4, 0.5) is 4.39 Å². The molecule has 1 aliphatic rings. The van der Waals surface area contributed by atoms with E-state index in [1.807, 2.05) is 0 Å². The third-order valence-electron chi connectivity index (χ3n) is 3.60. The van der Waals surface area contributed by atoms with E-state index < -0.39 is 5.82 Å². The SMILES string of the molecule is CC1CNCCC1C(=O)Cc1cccc(Cl)c1F. The molecule has 1 N–H and O–H groups in total. The van der Waals surface area contributed by atoms with Crippen molar-refractivity contribution >= 4 is 17.4 Å². The van der Waals surface area contributed by atoms with Gasteiger partial charge in [0, 0.05) is 12.3 Å². The number of benzene rings is 1. The smallest absolute Gasteiger partial charge is 0.145 e. The minimum atomic E-state index is -0.464. The number of hydrogen-bond donors (Lipinski definition) is 1. The summed E-state index contributed by atoms with van der Waals surface area (Å²) in [5, 5.41) is 3.34. The number of halogens is 2. The molecule has 0 saturated carbocycles. The van der Waals surface area contributed by atoms with Crippen LogP contribution in [0.3, 0.4) is 0 Å². The fourth-order valence-corrected chi connectivity index (χ4v) is 2.69. The minimum Gasteiger partial charge on any atom is -0.316 e. The zero-order valence-electron chi connectivity index (χ0n) is 10.4. The third-order valence-corrected chi connectivity index (χ3v) is 3.89. The fourth-order valence-electron chi connectivity index (χ4n) is 2.50. The average molecular weight is 270 g/mol. The topological polar surface area (TPSA) is 29.1 Å². The summed E-state index contributed by atoms with van der Waals surface area (Å²) in [6, 6.07) is 4.81. The van der Waals surface area contributed by atoms with Gasteiger partial charge in [-0.1, -0.05) is 30.7 Å². The zero-order chi connectivity index (χ0) is 13.1. The Labute approximate surface area is 112 Å². The number of hydrogen-bond acceptors (Lipinski definition) is 2. The van der Waals surface area contributed by atoms with E-state index in [1.54, 1.807) is 12.1 Å². The lowest BCUT2D eigenvalue weighted by Gasteiger charge is -2.28. The van der Waals surface area contributed by atoms with Gasteiger partial charge in [0.05, 0.1) is 5.02 Å². The second-order valence-corrected chi connectivity index (χ2v) is 5.34. The molecule has 0 amide bonds. The van der Waals surface area contributed by atoms with Crippen LogP contribution in [0.1, 0.15) is 18.9 Å². The van der Waals surface area contributed by atoms with Crippen molar-refractivity contribution < 1.29 is 9.18 Å². The van der Waals surface area contributed by atoms with Crippen LogP contribution in [0, 0.1) is 17.7 Å². The molecule has 0 aromatic heterocycles. The van der Waals surface area contributed by atoms with Crippen LogP contribution >= 0.6 is 11.6 Å². The Morgan fingerprint density at radius 1 is 1.56 bits per heavy atom. The molecule has 2 unspecified atom stereocenters. The number of rotatable bonds is 3. The van der Waals surface area contributed by atoms with Crippen LogP contribution in [-0.4, -0.2) is 18.9 Å². The predicted octanol–water partition coefficient (Wildman–Crippen LogP) is 2.84. The summed E-state index contributed by atoms with van der Waals surface area (Å²) < 4.78 is 13.7. The molecule has 2 atom stereocenters. The van der Waals surface area contributed by atoms with Crippen molar-refractivity contribution in [2.45, 2.75) is 19.8 Å². The molecule has 1 aromatic rings. The summed E-state index contributed by atoms with van der Waals surface area (Å²) in [7, 11) is 0. The maximum Gasteiger partial charge on any atom is 0.145 e. The Bertz CT molecular complexity index is 449. The Morgan fingerprint density at radius 2 is 2.33 bits per heavy atom. The van der Waals surface area contributed by atoms with Crippen molar-refractivity contribution in [3.8, 4) is 0 Å². The molecule has 98 valence electrons. The number of carbonyl (C=O) groups excluding carboxylic acids is 1. The number of piperidine rings is 1. The van der Waals surface area contributed by atoms with E-state index in [4.69, 9.17) is 11.6 Å². The lowest BCUT2D eigenvalue weighted by Crippen LogP contribution is -2.39. The molecular formula is C14H17ClFNO. The largest absolute Gasteiger partial charge is 0.316 e. The van der Waals surface area contributed by atoms with Crippen molar-refractivity contribution in [2.24, 2.45) is 11.8 Å². The van der Waals surface area contributed by atoms with Gasteiger partial charge >= 0.3 is 0 Å². The molecule has 0 bridgehead atoms. The second-order valence-electron chi connectivity index (χ2n) is 4.93. The summed E-state index contributed by atoms with van der Waals surface area (Å²) in [4.78, 5) is 12.2. The van der Waals surface area contributed by atoms with Crippen LogP contribution in [0.25, 0.3) is 0 Å². The van der Waals surface area contributed by atoms with E-state index in [1.165, 1.54) is 6.07 Å². The molecular weight excluding hydrogens is 253 g/mol. The molecule has 18 heavy (non-hydrogen) atoms. The summed E-state index contributed by atoms with van der Waals surface area (Å²) in [6.45, 7) is 3.77. The molecule has 0 aliphatic carbocycles. The Kier molecular flexibility index (Phi) is 4.36. The Hall–Kier alpha value is -0.930. The molecule has 1 aliphatic heterocycles. The van der Waals surface area contributed by atoms with E-state index in [2.05, 4.69) is 12.2 Å². The Morgan fingerprint density at radius 3 is 3.06 bits per heavy atom. The first-order chi connectivity index (χ1) is 8.59. The molecule has 2 nitrogen and oxygen atoms in total. The Balaban J connectivity index is 2.09. The van der Waals surface area contributed by atoms with Crippen molar-refractivity contribution in [2.75, 3.05) is 13.1 Å². The summed E-state index contributed by atoms with van der Waals surface area (Å²) in [6.07, 6.45) is 0.976. The highest BCUT2D eigenvalue weighted by molar-refractivity contribution is 6.30. The highest BCUT2D eigenvalue weighted by atomic mass is 35.5. The fraction of sp³-hybridized carbons (Fsp3) is 0.500. The second kappa shape index (κ2) is 5.81. The van der Waals surface area contributed by atoms with E-state index >= 15 is 0 Å². The van der Waals surface area contributed by atoms with E-state index in [9.17, 15) is 9.18 Å². The van der Waals surface area contributed by atoms with E-state index in [0.717, 1.165) is 19.5 Å². The van der Waals surface area contributed by atoms with Crippen LogP contribution in [-0.2, 0) is 11.2 Å². The van der Waals surface area contributed by atoms with Crippen molar-refractivity contribution in [3.05, 3.63) is 34.6 Å². The first kappa shape index (κ1) is 13.5. The molecule has 1 fully saturated rings.